The maximum absolute atomic E-state index is 13.5. The molecule has 3 rings (SSSR count). The van der Waals surface area contributed by atoms with E-state index in [9.17, 15) is 18.0 Å². The number of para-hydroxylation sites is 2. The fourth-order valence-electron chi connectivity index (χ4n) is 3.16. The third kappa shape index (κ3) is 6.90. The number of nitrogens with one attached hydrogen (secondary N) is 2. The predicted molar refractivity (Wildman–Crippen MR) is 135 cm³/mol. The van der Waals surface area contributed by atoms with Crippen molar-refractivity contribution in [2.24, 2.45) is 5.10 Å². The van der Waals surface area contributed by atoms with Gasteiger partial charge in [0.1, 0.15) is 12.3 Å². The van der Waals surface area contributed by atoms with Crippen LogP contribution in [0.15, 0.2) is 88.9 Å². The molecule has 0 heterocycles. The number of amides is 2. The van der Waals surface area contributed by atoms with Crippen LogP contribution in [0.25, 0.3) is 0 Å². The van der Waals surface area contributed by atoms with E-state index in [1.807, 2.05) is 0 Å². The van der Waals surface area contributed by atoms with Crippen molar-refractivity contribution in [1.29, 1.82) is 0 Å². The number of rotatable bonds is 10. The molecule has 3 aromatic carbocycles. The van der Waals surface area contributed by atoms with Crippen molar-refractivity contribution >= 4 is 39.4 Å². The van der Waals surface area contributed by atoms with Gasteiger partial charge in [0.2, 0.25) is 5.91 Å². The summed E-state index contributed by atoms with van der Waals surface area (Å²) in [6.07, 6.45) is 1.42. The van der Waals surface area contributed by atoms with Crippen LogP contribution in [-0.4, -0.2) is 39.6 Å². The zero-order chi connectivity index (χ0) is 25.3. The number of carbonyl (C=O) groups excluding carboxylic acids is 2. The lowest BCUT2D eigenvalue weighted by molar-refractivity contribution is -0.119. The monoisotopic (exact) mass is 494 g/mol. The second-order valence-electron chi connectivity index (χ2n) is 7.32. The predicted octanol–water partition coefficient (Wildman–Crippen LogP) is 3.39. The van der Waals surface area contributed by atoms with Crippen LogP contribution in [0.1, 0.15) is 19.4 Å². The van der Waals surface area contributed by atoms with Crippen molar-refractivity contribution in [2.75, 3.05) is 22.8 Å². The molecule has 0 saturated carbocycles. The molecule has 0 aliphatic rings. The lowest BCUT2D eigenvalue weighted by Gasteiger charge is -2.25. The molecule has 0 aliphatic carbocycles. The Kier molecular flexibility index (Phi) is 8.58. The quantitative estimate of drug-likeness (QED) is 0.331. The summed E-state index contributed by atoms with van der Waals surface area (Å²) >= 11 is 0. The Balaban J connectivity index is 1.81. The fraction of sp³-hybridized carbons (Fsp3) is 0.160. The van der Waals surface area contributed by atoms with E-state index in [0.29, 0.717) is 23.6 Å². The number of carbonyl (C=O) groups is 2. The first kappa shape index (κ1) is 25.4. The second kappa shape index (κ2) is 11.8. The summed E-state index contributed by atoms with van der Waals surface area (Å²) in [7, 11) is -4.08. The largest absolute Gasteiger partial charge is 0.492 e. The van der Waals surface area contributed by atoms with E-state index < -0.39 is 22.5 Å². The average molecular weight is 495 g/mol. The maximum Gasteiger partial charge on any atom is 0.264 e. The molecule has 0 saturated heterocycles. The van der Waals surface area contributed by atoms with Gasteiger partial charge in [0.15, 0.2) is 0 Å². The molecule has 0 fully saturated rings. The van der Waals surface area contributed by atoms with Crippen LogP contribution in [0.2, 0.25) is 0 Å². The van der Waals surface area contributed by atoms with Gasteiger partial charge in [-0.15, -0.1) is 0 Å². The van der Waals surface area contributed by atoms with Crippen LogP contribution in [0.4, 0.5) is 11.4 Å². The summed E-state index contributed by atoms with van der Waals surface area (Å²) in [6.45, 7) is 3.02. The highest BCUT2D eigenvalue weighted by Gasteiger charge is 2.29. The number of hydrogen-bond acceptors (Lipinski definition) is 6. The molecule has 35 heavy (non-hydrogen) atoms. The van der Waals surface area contributed by atoms with E-state index in [1.165, 1.54) is 25.3 Å². The fourth-order valence-corrected chi connectivity index (χ4v) is 4.61. The second-order valence-corrected chi connectivity index (χ2v) is 9.18. The first-order chi connectivity index (χ1) is 16.8. The van der Waals surface area contributed by atoms with Crippen molar-refractivity contribution in [3.63, 3.8) is 0 Å². The number of nitrogens with zero attached hydrogens (tertiary/aromatic N) is 2. The third-order valence-electron chi connectivity index (χ3n) is 4.69. The molecule has 0 aliphatic heterocycles. The van der Waals surface area contributed by atoms with Gasteiger partial charge in [-0.25, -0.2) is 13.8 Å². The normalized spacial score (nSPS) is 11.1. The number of ether oxygens (including phenoxy) is 1. The standard InChI is InChI=1S/C25H26N4O5S/c1-3-34-24-12-8-7-11-23(24)29(35(32,33)22-9-5-4-6-10-22)18-25(31)28-26-17-20-13-15-21(16-14-20)27-19(2)30/h4-17H,3,18H2,1-2H3,(H,27,30)(H,28,31)/b26-17-. The zero-order valence-electron chi connectivity index (χ0n) is 19.3. The first-order valence-electron chi connectivity index (χ1n) is 10.8. The van der Waals surface area contributed by atoms with E-state index in [0.717, 1.165) is 4.31 Å². The highest BCUT2D eigenvalue weighted by atomic mass is 32.2. The summed E-state index contributed by atoms with van der Waals surface area (Å²) in [5.41, 5.74) is 3.92. The average Bonchev–Trinajstić information content (AvgIpc) is 2.84. The summed E-state index contributed by atoms with van der Waals surface area (Å²) in [4.78, 5) is 23.9. The van der Waals surface area contributed by atoms with Crippen molar-refractivity contribution in [3.05, 3.63) is 84.4 Å². The SMILES string of the molecule is CCOc1ccccc1N(CC(=O)N/N=C\c1ccc(NC(C)=O)cc1)S(=O)(=O)c1ccccc1. The van der Waals surface area contributed by atoms with Crippen LogP contribution < -0.4 is 19.8 Å². The Bertz CT molecular complexity index is 1290. The topological polar surface area (TPSA) is 117 Å². The number of anilines is 2. The van der Waals surface area contributed by atoms with E-state index in [4.69, 9.17) is 4.74 Å². The van der Waals surface area contributed by atoms with Crippen molar-refractivity contribution in [3.8, 4) is 5.75 Å². The van der Waals surface area contributed by atoms with E-state index in [2.05, 4.69) is 15.8 Å². The number of hydrazone groups is 1. The van der Waals surface area contributed by atoms with Gasteiger partial charge in [-0.05, 0) is 48.9 Å². The number of benzene rings is 3. The Morgan fingerprint density at radius 1 is 0.971 bits per heavy atom. The lowest BCUT2D eigenvalue weighted by Crippen LogP contribution is -2.39. The number of sulfonamides is 1. The van der Waals surface area contributed by atoms with Crippen LogP contribution in [-0.2, 0) is 19.6 Å². The number of hydrogen-bond donors (Lipinski definition) is 2. The molecule has 0 radical (unpaired) electrons. The minimum Gasteiger partial charge on any atom is -0.492 e. The van der Waals surface area contributed by atoms with E-state index >= 15 is 0 Å². The van der Waals surface area contributed by atoms with E-state index in [-0.39, 0.29) is 16.5 Å². The van der Waals surface area contributed by atoms with Crippen LogP contribution in [0.5, 0.6) is 5.75 Å². The first-order valence-corrected chi connectivity index (χ1v) is 12.2. The highest BCUT2D eigenvalue weighted by Crippen LogP contribution is 2.32. The van der Waals surface area contributed by atoms with Crippen molar-refractivity contribution in [1.82, 2.24) is 5.43 Å². The minimum absolute atomic E-state index is 0.0434. The van der Waals surface area contributed by atoms with Crippen LogP contribution in [0, 0.1) is 0 Å². The summed E-state index contributed by atoms with van der Waals surface area (Å²) in [5.74, 6) is -0.480. The Labute approximate surface area is 204 Å². The molecule has 0 aromatic heterocycles. The smallest absolute Gasteiger partial charge is 0.264 e. The van der Waals surface area contributed by atoms with Gasteiger partial charge < -0.3 is 10.1 Å². The molecule has 9 nitrogen and oxygen atoms in total. The molecule has 10 heteroatoms. The van der Waals surface area contributed by atoms with Gasteiger partial charge in [-0.2, -0.15) is 5.10 Å². The van der Waals surface area contributed by atoms with Gasteiger partial charge >= 0.3 is 0 Å². The molecule has 3 aromatic rings. The molecule has 0 spiro atoms. The zero-order valence-corrected chi connectivity index (χ0v) is 20.2. The molecule has 0 unspecified atom stereocenters. The van der Waals surface area contributed by atoms with Gasteiger partial charge in [0.25, 0.3) is 15.9 Å². The molecule has 0 atom stereocenters. The lowest BCUT2D eigenvalue weighted by atomic mass is 10.2. The molecule has 2 amide bonds. The van der Waals surface area contributed by atoms with Gasteiger partial charge in [0, 0.05) is 12.6 Å². The minimum atomic E-state index is -4.08. The Morgan fingerprint density at radius 3 is 2.29 bits per heavy atom. The van der Waals surface area contributed by atoms with E-state index in [1.54, 1.807) is 73.7 Å². The molecular formula is C25H26N4O5S. The maximum atomic E-state index is 13.5. The third-order valence-corrected chi connectivity index (χ3v) is 6.46. The van der Waals surface area contributed by atoms with Crippen LogP contribution in [0.3, 0.4) is 0 Å². The van der Waals surface area contributed by atoms with Gasteiger partial charge in [-0.1, -0.05) is 42.5 Å². The van der Waals surface area contributed by atoms with Gasteiger partial charge in [-0.3, -0.25) is 13.9 Å². The summed E-state index contributed by atoms with van der Waals surface area (Å²) in [5, 5.41) is 6.59. The Hall–Kier alpha value is -4.18. The molecule has 2 N–H and O–H groups in total. The van der Waals surface area contributed by atoms with Gasteiger partial charge in [0.05, 0.1) is 23.4 Å². The molecule has 0 bridgehead atoms. The summed E-state index contributed by atoms with van der Waals surface area (Å²) in [6, 6.07) is 21.3. The highest BCUT2D eigenvalue weighted by molar-refractivity contribution is 7.92. The summed E-state index contributed by atoms with van der Waals surface area (Å²) < 4.78 is 33.5. The van der Waals surface area contributed by atoms with Crippen LogP contribution >= 0.6 is 0 Å². The van der Waals surface area contributed by atoms with Crippen molar-refractivity contribution < 1.29 is 22.7 Å². The molecule has 182 valence electrons. The Morgan fingerprint density at radius 2 is 1.63 bits per heavy atom. The van der Waals surface area contributed by atoms with Crippen molar-refractivity contribution in [2.45, 2.75) is 18.7 Å². The molecular weight excluding hydrogens is 468 g/mol.